The molecule has 2 unspecified atom stereocenters. The number of para-hydroxylation sites is 1. The van der Waals surface area contributed by atoms with Crippen molar-refractivity contribution in [1.29, 1.82) is 0 Å². The van der Waals surface area contributed by atoms with Crippen LogP contribution in [-0.2, 0) is 5.41 Å². The molecule has 0 saturated heterocycles. The number of benzene rings is 5. The Labute approximate surface area is 240 Å². The number of hydrogen-bond acceptors (Lipinski definition) is 2. The second-order valence-corrected chi connectivity index (χ2v) is 12.1. The topological polar surface area (TPSA) is 16.4 Å². The normalized spacial score (nSPS) is 19.0. The van der Waals surface area contributed by atoms with Gasteiger partial charge in [0.05, 0.1) is 12.0 Å². The van der Waals surface area contributed by atoms with E-state index in [0.29, 0.717) is 0 Å². The Hall–Kier alpha value is -4.82. The molecule has 0 N–H and O–H groups in total. The monoisotopic (exact) mass is 527 g/mol. The number of fused-ring (bicyclic) bond motifs is 10. The zero-order valence-electron chi connectivity index (χ0n) is 23.1. The zero-order valence-corrected chi connectivity index (χ0v) is 23.1. The summed E-state index contributed by atoms with van der Waals surface area (Å²) < 4.78 is 6.71. The van der Waals surface area contributed by atoms with Crippen LogP contribution in [0, 0.1) is 0 Å². The van der Waals surface area contributed by atoms with E-state index in [1.54, 1.807) is 0 Å². The fourth-order valence-electron chi connectivity index (χ4n) is 7.65. The molecule has 2 heteroatoms. The zero-order chi connectivity index (χ0) is 27.3. The van der Waals surface area contributed by atoms with Crippen molar-refractivity contribution in [3.8, 4) is 22.3 Å². The summed E-state index contributed by atoms with van der Waals surface area (Å²) in [5, 5.41) is 1.18. The summed E-state index contributed by atoms with van der Waals surface area (Å²) in [6, 6.07) is 42.1. The minimum atomic E-state index is -0.0364. The van der Waals surface area contributed by atoms with Gasteiger partial charge in [0.1, 0.15) is 11.3 Å². The minimum Gasteiger partial charge on any atom is -0.460 e. The molecule has 3 aliphatic rings. The van der Waals surface area contributed by atoms with Crippen molar-refractivity contribution in [2.24, 2.45) is 0 Å². The van der Waals surface area contributed by atoms with Gasteiger partial charge in [0.15, 0.2) is 0 Å². The third-order valence-corrected chi connectivity index (χ3v) is 9.62. The predicted molar refractivity (Wildman–Crippen MR) is 169 cm³/mol. The third kappa shape index (κ3) is 3.08. The average Bonchev–Trinajstić information content (AvgIpc) is 3.63. The van der Waals surface area contributed by atoms with Gasteiger partial charge >= 0.3 is 0 Å². The Kier molecular flexibility index (Phi) is 4.54. The van der Waals surface area contributed by atoms with Crippen molar-refractivity contribution in [1.82, 2.24) is 0 Å². The second kappa shape index (κ2) is 8.11. The summed E-state index contributed by atoms with van der Waals surface area (Å²) in [7, 11) is 0. The van der Waals surface area contributed by atoms with E-state index in [1.165, 1.54) is 61.3 Å². The molecule has 0 amide bonds. The van der Waals surface area contributed by atoms with Gasteiger partial charge < -0.3 is 9.32 Å². The van der Waals surface area contributed by atoms with Crippen molar-refractivity contribution >= 4 is 28.4 Å². The van der Waals surface area contributed by atoms with Gasteiger partial charge in [-0.25, -0.2) is 0 Å². The number of hydrogen-bond donors (Lipinski definition) is 0. The minimum absolute atomic E-state index is 0.0364. The number of anilines is 2. The molecule has 2 nitrogen and oxygen atoms in total. The summed E-state index contributed by atoms with van der Waals surface area (Å²) in [6.45, 7) is 4.71. The molecule has 2 aliphatic carbocycles. The highest BCUT2D eigenvalue weighted by Crippen LogP contribution is 2.55. The van der Waals surface area contributed by atoms with E-state index in [9.17, 15) is 0 Å². The summed E-state index contributed by atoms with van der Waals surface area (Å²) in [4.78, 5) is 2.53. The van der Waals surface area contributed by atoms with Crippen LogP contribution in [0.3, 0.4) is 0 Å². The molecule has 0 bridgehead atoms. The lowest BCUT2D eigenvalue weighted by molar-refractivity contribution is 0.505. The Bertz CT molecular complexity index is 2040. The molecule has 2 heterocycles. The maximum absolute atomic E-state index is 6.71. The third-order valence-electron chi connectivity index (χ3n) is 9.62. The molecule has 0 radical (unpaired) electrons. The van der Waals surface area contributed by atoms with Crippen LogP contribution in [0.4, 0.5) is 11.4 Å². The molecule has 9 rings (SSSR count). The second-order valence-electron chi connectivity index (χ2n) is 12.1. The van der Waals surface area contributed by atoms with Crippen LogP contribution >= 0.6 is 0 Å². The maximum atomic E-state index is 6.71. The molecule has 0 spiro atoms. The highest BCUT2D eigenvalue weighted by Gasteiger charge is 2.44. The molecular weight excluding hydrogens is 498 g/mol. The molecule has 0 fully saturated rings. The molecular formula is C39H29NO. The van der Waals surface area contributed by atoms with Gasteiger partial charge in [-0.05, 0) is 69.3 Å². The van der Waals surface area contributed by atoms with Crippen molar-refractivity contribution in [3.05, 3.63) is 149 Å². The van der Waals surface area contributed by atoms with Crippen molar-refractivity contribution in [3.63, 3.8) is 0 Å². The van der Waals surface area contributed by atoms with Crippen LogP contribution in [0.25, 0.3) is 39.3 Å². The van der Waals surface area contributed by atoms with Crippen molar-refractivity contribution in [2.45, 2.75) is 31.2 Å². The summed E-state index contributed by atoms with van der Waals surface area (Å²) >= 11 is 0. The molecule has 0 saturated carbocycles. The molecule has 6 aromatic rings. The highest BCUT2D eigenvalue weighted by atomic mass is 16.3. The quantitative estimate of drug-likeness (QED) is 0.223. The fourth-order valence-corrected chi connectivity index (χ4v) is 7.65. The Morgan fingerprint density at radius 1 is 0.683 bits per heavy atom. The Morgan fingerprint density at radius 3 is 2.37 bits per heavy atom. The smallest absolute Gasteiger partial charge is 0.134 e. The maximum Gasteiger partial charge on any atom is 0.134 e. The van der Waals surface area contributed by atoms with Crippen molar-refractivity contribution < 1.29 is 4.42 Å². The standard InChI is InChI=1S/C39H29NO/c1-39(2)32-14-8-6-12-27(32)28-18-17-26(23-33(28)39)40-34-15-9-7-13-30(34)37-35(40)20-19-29-31-22-25(24-10-4-3-5-11-24)16-21-36(31)41-38(29)37/h3-23,35,37H,1-2H3. The molecule has 41 heavy (non-hydrogen) atoms. The Balaban J connectivity index is 1.19. The van der Waals surface area contributed by atoms with E-state index < -0.39 is 0 Å². The molecule has 2 atom stereocenters. The van der Waals surface area contributed by atoms with Crippen LogP contribution in [0.15, 0.2) is 126 Å². The highest BCUT2D eigenvalue weighted by molar-refractivity contribution is 5.94. The lowest BCUT2D eigenvalue weighted by Gasteiger charge is -2.31. The van der Waals surface area contributed by atoms with E-state index in [2.05, 4.69) is 146 Å². The number of rotatable bonds is 2. The molecule has 1 aromatic heterocycles. The fraction of sp³-hybridized carbons (Fsp3) is 0.128. The summed E-state index contributed by atoms with van der Waals surface area (Å²) in [6.07, 6.45) is 4.69. The number of furan rings is 1. The molecule has 196 valence electrons. The van der Waals surface area contributed by atoms with Crippen LogP contribution in [0.1, 0.15) is 47.8 Å². The van der Waals surface area contributed by atoms with E-state index in [1.807, 2.05) is 0 Å². The van der Waals surface area contributed by atoms with Gasteiger partial charge in [-0.2, -0.15) is 0 Å². The van der Waals surface area contributed by atoms with Crippen molar-refractivity contribution in [2.75, 3.05) is 4.90 Å². The van der Waals surface area contributed by atoms with E-state index >= 15 is 0 Å². The van der Waals surface area contributed by atoms with Crippen LogP contribution in [0.5, 0.6) is 0 Å². The van der Waals surface area contributed by atoms with E-state index in [-0.39, 0.29) is 17.4 Å². The van der Waals surface area contributed by atoms with Crippen LogP contribution in [0.2, 0.25) is 0 Å². The van der Waals surface area contributed by atoms with Gasteiger partial charge in [0, 0.05) is 27.7 Å². The van der Waals surface area contributed by atoms with Gasteiger partial charge in [-0.15, -0.1) is 0 Å². The first-order chi connectivity index (χ1) is 20.1. The van der Waals surface area contributed by atoms with Gasteiger partial charge in [0.2, 0.25) is 0 Å². The average molecular weight is 528 g/mol. The van der Waals surface area contributed by atoms with E-state index in [0.717, 1.165) is 11.3 Å². The SMILES string of the molecule is CC1(C)c2ccccc2-c2ccc(N3c4ccccc4C4c5oc6ccc(-c7ccccc7)cc6c5C=CC43)cc21. The van der Waals surface area contributed by atoms with Crippen LogP contribution < -0.4 is 4.90 Å². The number of nitrogens with zero attached hydrogens (tertiary/aromatic N) is 1. The first-order valence-corrected chi connectivity index (χ1v) is 14.5. The largest absolute Gasteiger partial charge is 0.460 e. The van der Waals surface area contributed by atoms with Crippen LogP contribution in [-0.4, -0.2) is 6.04 Å². The van der Waals surface area contributed by atoms with Gasteiger partial charge in [-0.1, -0.05) is 111 Å². The van der Waals surface area contributed by atoms with Gasteiger partial charge in [0.25, 0.3) is 0 Å². The lowest BCUT2D eigenvalue weighted by Crippen LogP contribution is -2.30. The predicted octanol–water partition coefficient (Wildman–Crippen LogP) is 10.1. The summed E-state index contributed by atoms with van der Waals surface area (Å²) in [5.74, 6) is 1.21. The lowest BCUT2D eigenvalue weighted by atomic mass is 9.82. The van der Waals surface area contributed by atoms with E-state index in [4.69, 9.17) is 4.42 Å². The molecule has 5 aromatic carbocycles. The summed E-state index contributed by atoms with van der Waals surface area (Å²) in [5.41, 5.74) is 13.9. The molecule has 1 aliphatic heterocycles. The van der Waals surface area contributed by atoms with Gasteiger partial charge in [-0.3, -0.25) is 0 Å². The first kappa shape index (κ1) is 22.9. The first-order valence-electron chi connectivity index (χ1n) is 14.5. The Morgan fingerprint density at radius 2 is 1.46 bits per heavy atom.